The van der Waals surface area contributed by atoms with Crippen molar-refractivity contribution in [1.82, 2.24) is 15.0 Å². The van der Waals surface area contributed by atoms with E-state index in [2.05, 4.69) is 10.1 Å². The van der Waals surface area contributed by atoms with Gasteiger partial charge >= 0.3 is 0 Å². The molecular weight excluding hydrogens is 263 g/mol. The van der Waals surface area contributed by atoms with Gasteiger partial charge in [0.15, 0.2) is 17.4 Å². The number of hydrogen-bond acceptors (Lipinski definition) is 6. The predicted molar refractivity (Wildman–Crippen MR) is 71.7 cm³/mol. The summed E-state index contributed by atoms with van der Waals surface area (Å²) in [4.78, 5) is 6.16. The minimum absolute atomic E-state index is 0.125. The zero-order chi connectivity index (χ0) is 14.7. The molecule has 0 spiro atoms. The molecule has 0 bridgehead atoms. The maximum Gasteiger partial charge on any atom is 0.258 e. The molecule has 0 radical (unpaired) electrons. The molecule has 0 aliphatic heterocycles. The van der Waals surface area contributed by atoms with E-state index in [1.54, 1.807) is 6.07 Å². The molecule has 20 heavy (non-hydrogen) atoms. The molecule has 1 heterocycles. The van der Waals surface area contributed by atoms with Crippen LogP contribution in [0.25, 0.3) is 11.5 Å². The Morgan fingerprint density at radius 2 is 2.20 bits per heavy atom. The molecule has 2 aromatic rings. The van der Waals surface area contributed by atoms with Crippen LogP contribution in [-0.2, 0) is 0 Å². The van der Waals surface area contributed by atoms with E-state index in [0.29, 0.717) is 17.9 Å². The molecule has 0 saturated carbocycles. The molecular formula is C13H17FN4O2. The number of nitrogens with two attached hydrogens (primary N) is 1. The van der Waals surface area contributed by atoms with E-state index in [1.165, 1.54) is 19.2 Å². The minimum atomic E-state index is -0.444. The fourth-order valence-electron chi connectivity index (χ4n) is 1.77. The van der Waals surface area contributed by atoms with Crippen LogP contribution in [0.2, 0.25) is 0 Å². The van der Waals surface area contributed by atoms with Gasteiger partial charge in [-0.15, -0.1) is 0 Å². The van der Waals surface area contributed by atoms with Gasteiger partial charge < -0.3 is 19.9 Å². The van der Waals surface area contributed by atoms with E-state index < -0.39 is 5.82 Å². The highest BCUT2D eigenvalue weighted by atomic mass is 19.1. The zero-order valence-electron chi connectivity index (χ0n) is 11.6. The Labute approximate surface area is 116 Å². The van der Waals surface area contributed by atoms with Crippen molar-refractivity contribution in [3.05, 3.63) is 29.8 Å². The third-order valence-electron chi connectivity index (χ3n) is 2.73. The number of rotatable bonds is 5. The van der Waals surface area contributed by atoms with Crippen LogP contribution in [0.5, 0.6) is 5.75 Å². The number of hydrogen-bond donors (Lipinski definition) is 1. The number of benzene rings is 1. The van der Waals surface area contributed by atoms with E-state index in [-0.39, 0.29) is 17.7 Å². The Morgan fingerprint density at radius 1 is 1.45 bits per heavy atom. The monoisotopic (exact) mass is 280 g/mol. The normalized spacial score (nSPS) is 12.7. The van der Waals surface area contributed by atoms with Crippen molar-refractivity contribution in [2.24, 2.45) is 5.73 Å². The summed E-state index contributed by atoms with van der Waals surface area (Å²) in [5.74, 6) is 0.379. The lowest BCUT2D eigenvalue weighted by atomic mass is 10.2. The summed E-state index contributed by atoms with van der Waals surface area (Å²) in [6.07, 6.45) is 0. The maximum absolute atomic E-state index is 13.3. The molecule has 2 rings (SSSR count). The van der Waals surface area contributed by atoms with Crippen LogP contribution in [0.4, 0.5) is 4.39 Å². The van der Waals surface area contributed by atoms with Crippen molar-refractivity contribution < 1.29 is 13.7 Å². The van der Waals surface area contributed by atoms with Gasteiger partial charge in [-0.1, -0.05) is 5.16 Å². The molecule has 0 fully saturated rings. The van der Waals surface area contributed by atoms with E-state index in [1.807, 2.05) is 19.0 Å². The van der Waals surface area contributed by atoms with Crippen molar-refractivity contribution >= 4 is 0 Å². The molecule has 1 atom stereocenters. The first kappa shape index (κ1) is 14.4. The van der Waals surface area contributed by atoms with Crippen molar-refractivity contribution in [2.75, 3.05) is 27.7 Å². The highest BCUT2D eigenvalue weighted by Gasteiger charge is 2.17. The molecule has 1 unspecified atom stereocenters. The Bertz CT molecular complexity index is 586. The summed E-state index contributed by atoms with van der Waals surface area (Å²) in [7, 11) is 5.21. The SMILES string of the molecule is COc1cc(-c2nc(C(N)CN(C)C)no2)ccc1F. The Hall–Kier alpha value is -1.99. The molecule has 108 valence electrons. The number of methoxy groups -OCH3 is 1. The topological polar surface area (TPSA) is 77.4 Å². The van der Waals surface area contributed by atoms with Crippen LogP contribution in [0.1, 0.15) is 11.9 Å². The van der Waals surface area contributed by atoms with Gasteiger partial charge in [0.1, 0.15) is 0 Å². The Kier molecular flexibility index (Phi) is 4.31. The smallest absolute Gasteiger partial charge is 0.258 e. The fraction of sp³-hybridized carbons (Fsp3) is 0.385. The standard InChI is InChI=1S/C13H17FN4O2/c1-18(2)7-10(15)12-16-13(20-17-12)8-4-5-9(14)11(6-8)19-3/h4-6,10H,7,15H2,1-3H3. The summed E-state index contributed by atoms with van der Waals surface area (Å²) in [5, 5.41) is 3.85. The van der Waals surface area contributed by atoms with Gasteiger partial charge in [-0.05, 0) is 32.3 Å². The summed E-state index contributed by atoms with van der Waals surface area (Å²) in [6.45, 7) is 0.603. The summed E-state index contributed by atoms with van der Waals surface area (Å²) in [6, 6.07) is 4.00. The summed E-state index contributed by atoms with van der Waals surface area (Å²) < 4.78 is 23.4. The second kappa shape index (κ2) is 5.98. The number of halogens is 1. The van der Waals surface area contributed by atoms with Crippen molar-refractivity contribution in [3.8, 4) is 17.2 Å². The zero-order valence-corrected chi connectivity index (χ0v) is 11.6. The van der Waals surface area contributed by atoms with E-state index >= 15 is 0 Å². The average Bonchev–Trinajstić information content (AvgIpc) is 2.88. The highest BCUT2D eigenvalue weighted by molar-refractivity contribution is 5.56. The van der Waals surface area contributed by atoms with E-state index in [4.69, 9.17) is 15.0 Å². The van der Waals surface area contributed by atoms with Crippen LogP contribution < -0.4 is 10.5 Å². The second-order valence-electron chi connectivity index (χ2n) is 4.68. The predicted octanol–water partition coefficient (Wildman–Crippen LogP) is 1.45. The van der Waals surface area contributed by atoms with Crippen LogP contribution in [0.3, 0.4) is 0 Å². The number of ether oxygens (including phenoxy) is 1. The summed E-state index contributed by atoms with van der Waals surface area (Å²) in [5.41, 5.74) is 6.54. The molecule has 6 nitrogen and oxygen atoms in total. The molecule has 1 aromatic heterocycles. The van der Waals surface area contributed by atoms with Gasteiger partial charge in [-0.25, -0.2) is 4.39 Å². The lowest BCUT2D eigenvalue weighted by Crippen LogP contribution is -2.26. The Morgan fingerprint density at radius 3 is 2.85 bits per heavy atom. The minimum Gasteiger partial charge on any atom is -0.494 e. The molecule has 1 aromatic carbocycles. The quantitative estimate of drug-likeness (QED) is 0.893. The van der Waals surface area contributed by atoms with Crippen LogP contribution in [-0.4, -0.2) is 42.8 Å². The first-order valence-electron chi connectivity index (χ1n) is 6.09. The van der Waals surface area contributed by atoms with Crippen molar-refractivity contribution in [3.63, 3.8) is 0 Å². The van der Waals surface area contributed by atoms with Crippen molar-refractivity contribution in [2.45, 2.75) is 6.04 Å². The van der Waals surface area contributed by atoms with Gasteiger partial charge in [0.25, 0.3) is 5.89 Å². The lowest BCUT2D eigenvalue weighted by Gasteiger charge is -2.12. The highest BCUT2D eigenvalue weighted by Crippen LogP contribution is 2.25. The fourth-order valence-corrected chi connectivity index (χ4v) is 1.77. The van der Waals surface area contributed by atoms with Crippen LogP contribution in [0, 0.1) is 5.82 Å². The van der Waals surface area contributed by atoms with Gasteiger partial charge in [0.2, 0.25) is 0 Å². The largest absolute Gasteiger partial charge is 0.494 e. The van der Waals surface area contributed by atoms with Gasteiger partial charge in [0.05, 0.1) is 13.2 Å². The molecule has 0 aliphatic rings. The summed E-state index contributed by atoms with van der Waals surface area (Å²) >= 11 is 0. The molecule has 2 N–H and O–H groups in total. The first-order valence-corrected chi connectivity index (χ1v) is 6.09. The van der Waals surface area contributed by atoms with Gasteiger partial charge in [0, 0.05) is 12.1 Å². The second-order valence-corrected chi connectivity index (χ2v) is 4.68. The third kappa shape index (κ3) is 3.12. The van der Waals surface area contributed by atoms with Crippen LogP contribution in [0.15, 0.2) is 22.7 Å². The lowest BCUT2D eigenvalue weighted by molar-refractivity contribution is 0.357. The van der Waals surface area contributed by atoms with Crippen LogP contribution >= 0.6 is 0 Å². The number of likely N-dealkylation sites (N-methyl/N-ethyl adjacent to an activating group) is 1. The van der Waals surface area contributed by atoms with E-state index in [0.717, 1.165) is 0 Å². The Balaban J connectivity index is 2.24. The van der Waals surface area contributed by atoms with E-state index in [9.17, 15) is 4.39 Å². The number of nitrogens with zero attached hydrogens (tertiary/aromatic N) is 3. The maximum atomic E-state index is 13.3. The molecule has 0 saturated heterocycles. The molecule has 0 amide bonds. The first-order chi connectivity index (χ1) is 9.51. The third-order valence-corrected chi connectivity index (χ3v) is 2.73. The number of aromatic nitrogens is 2. The van der Waals surface area contributed by atoms with Crippen molar-refractivity contribution in [1.29, 1.82) is 0 Å². The molecule has 7 heteroatoms. The molecule has 0 aliphatic carbocycles. The van der Waals surface area contributed by atoms with Gasteiger partial charge in [-0.3, -0.25) is 0 Å². The van der Waals surface area contributed by atoms with Gasteiger partial charge in [-0.2, -0.15) is 4.98 Å². The average molecular weight is 280 g/mol.